The number of ether oxygens (including phenoxy) is 14. The summed E-state index contributed by atoms with van der Waals surface area (Å²) in [5, 5.41) is 35.8. The minimum Gasteiger partial charge on any atom is -0.486 e. The van der Waals surface area contributed by atoms with Gasteiger partial charge in [0.2, 0.25) is 35.3 Å². The van der Waals surface area contributed by atoms with Gasteiger partial charge in [0.1, 0.15) is 43.9 Å². The van der Waals surface area contributed by atoms with Gasteiger partial charge in [0.05, 0.1) is 182 Å². The Labute approximate surface area is 879 Å². The lowest BCUT2D eigenvalue weighted by Gasteiger charge is -2.63. The molecule has 17 atom stereocenters. The number of hydrogen-bond acceptors (Lipinski definition) is 32. The smallest absolute Gasteiger partial charge is 0.411 e. The average molecular weight is 2110 g/mol. The van der Waals surface area contributed by atoms with Crippen molar-refractivity contribution in [2.75, 3.05) is 197 Å². The number of halogens is 2. The monoisotopic (exact) mass is 2110 g/mol. The van der Waals surface area contributed by atoms with E-state index in [0.29, 0.717) is 179 Å². The summed E-state index contributed by atoms with van der Waals surface area (Å²) < 4.78 is 118. The lowest BCUT2D eigenvalue weighted by Crippen LogP contribution is -2.71. The van der Waals surface area contributed by atoms with Crippen LogP contribution in [0.15, 0.2) is 95.1 Å². The highest BCUT2D eigenvalue weighted by Gasteiger charge is 2.80. The van der Waals surface area contributed by atoms with E-state index in [1.54, 1.807) is 69.3 Å². The number of alkyl halides is 2. The number of ketones is 3. The fourth-order valence-corrected chi connectivity index (χ4v) is 22.3. The number of hydrogen-bond donors (Lipinski definition) is 13. The molecular formula is C107H164F2N15O26+. The molecular weight excluding hydrogens is 1950 g/mol. The number of amides is 8. The maximum atomic E-state index is 18.1. The zero-order valence-corrected chi connectivity index (χ0v) is 88.9. The first-order valence-corrected chi connectivity index (χ1v) is 53.9. The van der Waals surface area contributed by atoms with Crippen LogP contribution >= 0.6 is 0 Å². The number of allylic oxidation sites excluding steroid dienone is 7. The number of carbonyl (C=O) groups excluding carboxylic acids is 11. The average Bonchev–Trinajstić information content (AvgIpc) is 1.48. The molecule has 10 aliphatic rings. The van der Waals surface area contributed by atoms with Crippen molar-refractivity contribution in [2.24, 2.45) is 58.0 Å². The summed E-state index contributed by atoms with van der Waals surface area (Å²) in [5.41, 5.74) is 17.2. The Morgan fingerprint density at radius 1 is 0.647 bits per heavy atom. The standard InChI is InChI=1S/C107H163F2N15O26/c1-10-18-97-149-92-64-80-81-63-83(108)82-62-75(125)36-39-104(82,4)106(81,109)90(127)65-105(80,5)107(92,150-97)91(128)68-145-76-30-28-74(29-31-76)115-103(136)148-66-71-24-26-73(27-25-71)114-100(133)72(19-16-41-113-102(110)135)61-88(126)98(70(2)3)117-101(134)85(116-94(130)38-47-139-51-55-143-58-57-141-53-49-137-45-17-23-96(132)147-67-79-77-32-34-84-86(35-33-78(77)79)122(6)120-118-84)20-14-15-40-111-95(131)69-146-89-22-13-11-12-21-87-99(89)119-121-123(87)43-48-140-52-56-144-60-59-142-54-50-138-46-37-93(129)112-42-44-124(7,8)9/h24-31,36,39,62,70,72,77-81,83,85,89-90,92,97-98,118-121,127H,10-23,32-35,37-38,40-61,63-69H2,1-9H3,(H8-,110,111,112,113,114,115,116,117,129,130,131,133,134,135,136)/p+1/t72-,77+,78-,79+,80+,81+,83+,85-,89?,90+,92-,97?,98+,104+,105+,106+,107-/m1/s1. The van der Waals surface area contributed by atoms with Gasteiger partial charge in [-0.15, -0.1) is 11.1 Å². The molecule has 5 fully saturated rings. The number of quaternary nitrogens is 1. The molecule has 2 aromatic carbocycles. The van der Waals surface area contributed by atoms with Crippen LogP contribution in [0.5, 0.6) is 5.75 Å². The molecule has 0 spiro atoms. The van der Waals surface area contributed by atoms with Crippen molar-refractivity contribution in [1.82, 2.24) is 58.5 Å². The molecule has 0 aromatic heterocycles. The number of anilines is 2. The maximum Gasteiger partial charge on any atom is 0.411 e. The highest BCUT2D eigenvalue weighted by Crippen LogP contribution is 2.72. The van der Waals surface area contributed by atoms with E-state index in [1.165, 1.54) is 30.5 Å². The highest BCUT2D eigenvalue weighted by atomic mass is 19.1. The molecule has 8 amide bonds. The number of unbranched alkanes of at least 4 members (excludes halogenated alkanes) is 1. The van der Waals surface area contributed by atoms with Crippen molar-refractivity contribution in [1.29, 1.82) is 0 Å². The number of fused-ring (bicyclic) bond motifs is 8. The number of benzene rings is 2. The molecule has 41 nitrogen and oxygen atoms in total. The number of rotatable bonds is 66. The van der Waals surface area contributed by atoms with Crippen molar-refractivity contribution in [3.05, 3.63) is 101 Å². The number of likely N-dealkylation sites (N-methyl/N-ethyl adjacent to an activating group) is 1. The molecule has 4 saturated carbocycles. The van der Waals surface area contributed by atoms with Gasteiger partial charge in [0, 0.05) is 92.2 Å². The number of urea groups is 1. The third-order valence-electron chi connectivity index (χ3n) is 30.5. The predicted octanol–water partition coefficient (Wildman–Crippen LogP) is 8.01. The maximum absolute atomic E-state index is 18.1. The first-order valence-electron chi connectivity index (χ1n) is 53.9. The molecule has 3 heterocycles. The van der Waals surface area contributed by atoms with E-state index in [4.69, 9.17) is 72.0 Å². The highest BCUT2D eigenvalue weighted by molar-refractivity contribution is 6.02. The van der Waals surface area contributed by atoms with E-state index >= 15 is 8.78 Å². The van der Waals surface area contributed by atoms with Crippen LogP contribution in [0.3, 0.4) is 0 Å². The zero-order chi connectivity index (χ0) is 107. The summed E-state index contributed by atoms with van der Waals surface area (Å²) in [5.74, 6) is -5.06. The van der Waals surface area contributed by atoms with Crippen LogP contribution in [0.25, 0.3) is 0 Å². The van der Waals surface area contributed by atoms with Gasteiger partial charge in [0.15, 0.2) is 29.1 Å². The van der Waals surface area contributed by atoms with Gasteiger partial charge >= 0.3 is 18.1 Å². The predicted molar refractivity (Wildman–Crippen MR) is 547 cm³/mol. The van der Waals surface area contributed by atoms with Crippen molar-refractivity contribution in [3.63, 3.8) is 0 Å². The molecule has 0 bridgehead atoms. The van der Waals surface area contributed by atoms with Gasteiger partial charge in [-0.25, -0.2) is 18.4 Å². The molecule has 1 saturated heterocycles. The van der Waals surface area contributed by atoms with Crippen LogP contribution in [0.1, 0.15) is 194 Å². The largest absolute Gasteiger partial charge is 0.486 e. The number of aliphatic hydroxyl groups is 1. The fraction of sp³-hybridized carbons (Fsp3) is 0.710. The summed E-state index contributed by atoms with van der Waals surface area (Å²) in [6.45, 7) is 15.7. The Morgan fingerprint density at radius 3 is 1.96 bits per heavy atom. The summed E-state index contributed by atoms with van der Waals surface area (Å²) >= 11 is 0. The number of primary amides is 1. The minimum atomic E-state index is -2.37. The third-order valence-corrected chi connectivity index (χ3v) is 30.5. The van der Waals surface area contributed by atoms with E-state index < -0.39 is 142 Å². The number of hydrazine groups is 4. The molecule has 43 heteroatoms. The molecule has 2 aromatic rings. The van der Waals surface area contributed by atoms with Gasteiger partial charge in [-0.3, -0.25) is 58.5 Å². The summed E-state index contributed by atoms with van der Waals surface area (Å²) in [4.78, 5) is 148. The van der Waals surface area contributed by atoms with Gasteiger partial charge in [-0.2, -0.15) is 0 Å². The normalized spacial score (nSPS) is 25.6. The third kappa shape index (κ3) is 33.5. The number of Topliss-reactive ketones (excluding diaryl/α,β-unsaturated/α-hetero) is 2. The van der Waals surface area contributed by atoms with Crippen molar-refractivity contribution >= 4 is 76.4 Å². The van der Waals surface area contributed by atoms with Crippen LogP contribution in [-0.2, 0) is 111 Å². The zero-order valence-electron chi connectivity index (χ0n) is 88.9. The van der Waals surface area contributed by atoms with Crippen LogP contribution in [-0.4, -0.2) is 325 Å². The Hall–Kier alpha value is -9.97. The summed E-state index contributed by atoms with van der Waals surface area (Å²) in [7, 11) is 8.24. The number of nitrogens with zero attached hydrogens (tertiary/aromatic N) is 3. The second-order valence-electron chi connectivity index (χ2n) is 42.4. The molecule has 836 valence electrons. The Bertz CT molecular complexity index is 4900. The molecule has 2 unspecified atom stereocenters. The van der Waals surface area contributed by atoms with Gasteiger partial charge < -0.3 is 124 Å². The number of nitrogens with two attached hydrogens (primary N) is 1. The molecule has 12 rings (SSSR count). The summed E-state index contributed by atoms with van der Waals surface area (Å²) in [6, 6.07) is 9.53. The van der Waals surface area contributed by atoms with Crippen molar-refractivity contribution < 1.29 is 137 Å². The molecule has 150 heavy (non-hydrogen) atoms. The van der Waals surface area contributed by atoms with E-state index in [2.05, 4.69) is 85.3 Å². The van der Waals surface area contributed by atoms with Gasteiger partial charge in [-0.05, 0) is 205 Å². The Kier molecular flexibility index (Phi) is 46.2. The molecule has 0 radical (unpaired) electrons. The van der Waals surface area contributed by atoms with Gasteiger partial charge in [0.25, 0.3) is 0 Å². The van der Waals surface area contributed by atoms with Crippen molar-refractivity contribution in [2.45, 2.75) is 249 Å². The lowest BCUT2D eigenvalue weighted by atomic mass is 9.44. The SMILES string of the molecule is CCCC1O[C@@H]2C[C@H]3[C@@H]4C[C@H](F)C5=CC(=O)C=C[C@]5(C)[C@@]4(F)[C@@H](O)C[C@]3(C)[C@]2(C(=O)COc2ccc(NC(=O)OCc3ccc(NC(=O)[C@H](CCCNC(N)=O)CC(=O)[C@@H](NC(=O)[C@@H](CCCCNC(=O)COC4CCCCCC5=C4NNN5CCOCCOCCOCCOCCC(=O)NCC[N+](C)(C)C)NC(=O)CCOCCOCCOCCOCCCC(=O)OC[C@@H]4[C@@H]5CCC6=C(CC[C@@H]54)NNN6C)C(C)C)cc3)cc2)O1. The van der Waals surface area contributed by atoms with Crippen LogP contribution < -0.4 is 69.6 Å². The number of nitrogens with one attached hydrogen (secondary N) is 11. The number of aliphatic hydroxyl groups excluding tert-OH is 1. The molecule has 14 N–H and O–H groups in total. The van der Waals surface area contributed by atoms with Crippen LogP contribution in [0.4, 0.5) is 29.7 Å². The van der Waals surface area contributed by atoms with Crippen LogP contribution in [0.2, 0.25) is 0 Å². The second-order valence-corrected chi connectivity index (χ2v) is 42.4. The minimum absolute atomic E-state index is 0.00511. The van der Waals surface area contributed by atoms with E-state index in [0.717, 1.165) is 79.9 Å². The Balaban J connectivity index is 0.572. The van der Waals surface area contributed by atoms with Gasteiger partial charge in [-0.1, -0.05) is 65.2 Å². The first kappa shape index (κ1) is 119. The quantitative estimate of drug-likeness (QED) is 0.0169. The molecule has 3 aliphatic heterocycles. The summed E-state index contributed by atoms with van der Waals surface area (Å²) in [6.07, 6.45) is 8.68. The topological polar surface area (TPSA) is 502 Å². The van der Waals surface area contributed by atoms with Crippen molar-refractivity contribution in [3.8, 4) is 5.75 Å². The molecule has 7 aliphatic carbocycles. The van der Waals surface area contributed by atoms with E-state index in [1.807, 2.05) is 19.0 Å². The number of carbonyl (C=O) groups is 11. The first-order chi connectivity index (χ1) is 72.1. The number of esters is 1. The fourth-order valence-electron chi connectivity index (χ4n) is 22.3. The Morgan fingerprint density at radius 2 is 1.29 bits per heavy atom. The van der Waals surface area contributed by atoms with Crippen LogP contribution in [0, 0.1) is 52.3 Å². The second kappa shape index (κ2) is 58.4. The van der Waals surface area contributed by atoms with E-state index in [-0.39, 0.29) is 140 Å². The van der Waals surface area contributed by atoms with E-state index in [9.17, 15) is 57.8 Å². The lowest BCUT2D eigenvalue weighted by molar-refractivity contribution is -0.869.